The molecule has 1 unspecified atom stereocenters. The number of quaternary nitrogens is 1. The summed E-state index contributed by atoms with van der Waals surface area (Å²) in [6.07, 6.45) is -0.159. The van der Waals surface area contributed by atoms with Gasteiger partial charge in [-0.3, -0.25) is 4.90 Å². The van der Waals surface area contributed by atoms with Gasteiger partial charge in [-0.2, -0.15) is 18.4 Å². The number of alkyl halides is 3. The maximum absolute atomic E-state index is 13.7. The molecule has 244 valence electrons. The smallest absolute Gasteiger partial charge is 0.416 e. The third kappa shape index (κ3) is 6.32. The number of carbonyl (C=O) groups is 1. The normalized spacial score (nSPS) is 20.3. The lowest BCUT2D eigenvalue weighted by molar-refractivity contribution is -0.916. The Kier molecular flexibility index (Phi) is 9.15. The van der Waals surface area contributed by atoms with Crippen LogP contribution in [0.5, 0.6) is 0 Å². The molecule has 0 saturated heterocycles. The van der Waals surface area contributed by atoms with Gasteiger partial charge in [-0.05, 0) is 67.6 Å². The monoisotopic (exact) mass is 639 g/mol. The summed E-state index contributed by atoms with van der Waals surface area (Å²) in [5, 5.41) is 26.3. The Morgan fingerprint density at radius 2 is 1.89 bits per heavy atom. The Labute approximate surface area is 264 Å². The number of nitrogens with one attached hydrogen (secondary N) is 1. The highest BCUT2D eigenvalue weighted by Crippen LogP contribution is 2.43. The fourth-order valence-corrected chi connectivity index (χ4v) is 6.85. The summed E-state index contributed by atoms with van der Waals surface area (Å²) in [7, 11) is 5.56. The standard InChI is InChI=1S/C33H37F3N6O4/c1-20-28(30(44)46-4)29(41-31(38-39-32(41)45)40(20)24-9-5-8-23(18-24)33(34,35)36)27-15-10-21(19-37)17-22(27)7-6-16-42(2,3)25-11-13-26(43)14-12-25/h5,8-10,15,17-18,25-26,29,43H,6-7,11-14,16H2,1-4H3/p+1. The molecule has 2 aromatic carbocycles. The van der Waals surface area contributed by atoms with Crippen LogP contribution in [0.15, 0.2) is 58.5 Å². The number of benzene rings is 2. The molecule has 46 heavy (non-hydrogen) atoms. The SMILES string of the molecule is COC(=O)C1=C(C)N(c2cccc(C(F)(F)F)c2)c2n[nH]c(=O)n2C1c1ccc(C#N)cc1CCC[N+](C)(C)C1CCC(O)CC1. The van der Waals surface area contributed by atoms with E-state index < -0.39 is 29.4 Å². The van der Waals surface area contributed by atoms with Crippen LogP contribution in [0.25, 0.3) is 0 Å². The van der Waals surface area contributed by atoms with Crippen LogP contribution in [0.1, 0.15) is 67.3 Å². The molecule has 2 heterocycles. The molecule has 1 saturated carbocycles. The van der Waals surface area contributed by atoms with Gasteiger partial charge in [0.1, 0.15) is 6.04 Å². The van der Waals surface area contributed by atoms with Gasteiger partial charge in [-0.25, -0.2) is 19.3 Å². The van der Waals surface area contributed by atoms with Crippen LogP contribution in [0, 0.1) is 11.3 Å². The average molecular weight is 640 g/mol. The topological polar surface area (TPSA) is 124 Å². The number of allylic oxidation sites excluding steroid dienone is 1. The Morgan fingerprint density at radius 3 is 2.54 bits per heavy atom. The van der Waals surface area contributed by atoms with Crippen LogP contribution in [0.3, 0.4) is 0 Å². The Bertz CT molecular complexity index is 1740. The van der Waals surface area contributed by atoms with E-state index in [-0.39, 0.29) is 29.0 Å². The van der Waals surface area contributed by atoms with Gasteiger partial charge in [0.25, 0.3) is 0 Å². The molecule has 1 aliphatic carbocycles. The lowest BCUT2D eigenvalue weighted by atomic mass is 9.88. The molecule has 1 fully saturated rings. The third-order valence-electron chi connectivity index (χ3n) is 9.38. The predicted octanol–water partition coefficient (Wildman–Crippen LogP) is 4.96. The summed E-state index contributed by atoms with van der Waals surface area (Å²) in [4.78, 5) is 28.2. The molecule has 2 aliphatic rings. The van der Waals surface area contributed by atoms with Gasteiger partial charge in [0.2, 0.25) is 5.95 Å². The fraction of sp³-hybridized carbons (Fsp3) is 0.455. The first-order chi connectivity index (χ1) is 21.8. The van der Waals surface area contributed by atoms with Crippen LogP contribution < -0.4 is 10.6 Å². The van der Waals surface area contributed by atoms with Gasteiger partial charge in [0, 0.05) is 30.6 Å². The highest BCUT2D eigenvalue weighted by Gasteiger charge is 2.41. The number of hydrogen-bond acceptors (Lipinski definition) is 7. The van der Waals surface area contributed by atoms with E-state index in [0.29, 0.717) is 23.6 Å². The minimum atomic E-state index is -4.62. The molecule has 2 N–H and O–H groups in total. The van der Waals surface area contributed by atoms with Crippen LogP contribution >= 0.6 is 0 Å². The lowest BCUT2D eigenvalue weighted by Crippen LogP contribution is -2.51. The molecule has 1 aliphatic heterocycles. The van der Waals surface area contributed by atoms with E-state index in [1.54, 1.807) is 25.1 Å². The lowest BCUT2D eigenvalue weighted by Gasteiger charge is -2.41. The van der Waals surface area contributed by atoms with Crippen molar-refractivity contribution in [3.63, 3.8) is 0 Å². The van der Waals surface area contributed by atoms with E-state index >= 15 is 0 Å². The summed E-state index contributed by atoms with van der Waals surface area (Å²) in [6, 6.07) is 11.2. The molecule has 13 heteroatoms. The highest BCUT2D eigenvalue weighted by atomic mass is 19.4. The van der Waals surface area contributed by atoms with Gasteiger partial charge < -0.3 is 14.3 Å². The number of aromatic amines is 1. The summed E-state index contributed by atoms with van der Waals surface area (Å²) in [5.74, 6) is -0.752. The maximum Gasteiger partial charge on any atom is 0.416 e. The van der Waals surface area contributed by atoms with Crippen LogP contribution in [0.2, 0.25) is 0 Å². The number of nitrogens with zero attached hydrogens (tertiary/aromatic N) is 5. The molecular formula is C33H38F3N6O4+. The molecule has 3 aromatic rings. The minimum Gasteiger partial charge on any atom is -0.466 e. The minimum absolute atomic E-state index is 0.00655. The van der Waals surface area contributed by atoms with E-state index in [1.165, 1.54) is 28.7 Å². The van der Waals surface area contributed by atoms with Crippen LogP contribution in [-0.2, 0) is 22.1 Å². The summed E-state index contributed by atoms with van der Waals surface area (Å²) < 4.78 is 48.2. The maximum atomic E-state index is 13.7. The van der Waals surface area contributed by atoms with Gasteiger partial charge >= 0.3 is 17.8 Å². The van der Waals surface area contributed by atoms with E-state index in [0.717, 1.165) is 60.8 Å². The van der Waals surface area contributed by atoms with E-state index in [2.05, 4.69) is 30.4 Å². The number of nitriles is 1. The number of aliphatic hydroxyl groups excluding tert-OH is 1. The Hall–Kier alpha value is -4.41. The number of anilines is 2. The van der Waals surface area contributed by atoms with E-state index in [4.69, 9.17) is 4.74 Å². The van der Waals surface area contributed by atoms with Gasteiger partial charge in [0.05, 0.1) is 62.7 Å². The number of hydrogen-bond donors (Lipinski definition) is 2. The number of esters is 1. The molecule has 5 rings (SSSR count). The number of aromatic nitrogens is 3. The Balaban J connectivity index is 1.58. The second-order valence-electron chi connectivity index (χ2n) is 12.6. The Morgan fingerprint density at radius 1 is 1.17 bits per heavy atom. The van der Waals surface area contributed by atoms with E-state index in [1.807, 2.05) is 0 Å². The second kappa shape index (κ2) is 12.8. The van der Waals surface area contributed by atoms with Crippen LogP contribution in [0.4, 0.5) is 24.8 Å². The molecular weight excluding hydrogens is 601 g/mol. The summed E-state index contributed by atoms with van der Waals surface area (Å²) in [6.45, 7) is 2.40. The number of aliphatic hydroxyl groups is 1. The van der Waals surface area contributed by atoms with Crippen molar-refractivity contribution in [1.29, 1.82) is 5.26 Å². The van der Waals surface area contributed by atoms with Crippen molar-refractivity contribution in [3.05, 3.63) is 86.5 Å². The molecule has 0 bridgehead atoms. The molecule has 1 atom stereocenters. The van der Waals surface area contributed by atoms with Crippen molar-refractivity contribution in [2.75, 3.05) is 32.6 Å². The fourth-order valence-electron chi connectivity index (χ4n) is 6.85. The molecule has 0 amide bonds. The first-order valence-electron chi connectivity index (χ1n) is 15.2. The number of aryl methyl sites for hydroxylation is 1. The summed E-state index contributed by atoms with van der Waals surface area (Å²) in [5.41, 5.74) is 0.539. The summed E-state index contributed by atoms with van der Waals surface area (Å²) >= 11 is 0. The average Bonchev–Trinajstić information content (AvgIpc) is 3.40. The number of methoxy groups -OCH3 is 1. The van der Waals surface area contributed by atoms with Gasteiger partial charge in [0.15, 0.2) is 0 Å². The van der Waals surface area contributed by atoms with E-state index in [9.17, 15) is 33.1 Å². The number of halogens is 3. The third-order valence-corrected chi connectivity index (χ3v) is 9.38. The molecule has 10 nitrogen and oxygen atoms in total. The van der Waals surface area contributed by atoms with Crippen LogP contribution in [-0.4, -0.2) is 70.2 Å². The van der Waals surface area contributed by atoms with Crippen molar-refractivity contribution in [1.82, 2.24) is 14.8 Å². The quantitative estimate of drug-likeness (QED) is 0.264. The second-order valence-corrected chi connectivity index (χ2v) is 12.6. The van der Waals surface area contributed by atoms with Crippen molar-refractivity contribution >= 4 is 17.6 Å². The van der Waals surface area contributed by atoms with Crippen molar-refractivity contribution in [2.45, 2.75) is 69.8 Å². The predicted molar refractivity (Wildman–Crippen MR) is 164 cm³/mol. The van der Waals surface area contributed by atoms with Gasteiger partial charge in [-0.15, -0.1) is 5.10 Å². The highest BCUT2D eigenvalue weighted by molar-refractivity contribution is 5.93. The number of H-pyrrole nitrogens is 1. The van der Waals surface area contributed by atoms with Crippen molar-refractivity contribution in [2.24, 2.45) is 0 Å². The molecule has 0 spiro atoms. The number of ether oxygens (including phenoxy) is 1. The molecule has 1 aromatic heterocycles. The first kappa shape index (κ1) is 33.0. The number of fused-ring (bicyclic) bond motifs is 1. The largest absolute Gasteiger partial charge is 0.466 e. The first-order valence-corrected chi connectivity index (χ1v) is 15.2. The number of carbonyl (C=O) groups excluding carboxylic acids is 1. The zero-order valence-electron chi connectivity index (χ0n) is 26.3. The molecule has 0 radical (unpaired) electrons. The number of rotatable bonds is 8. The zero-order valence-corrected chi connectivity index (χ0v) is 26.3. The van der Waals surface area contributed by atoms with Gasteiger partial charge in [-0.1, -0.05) is 12.1 Å². The van der Waals surface area contributed by atoms with Crippen molar-refractivity contribution < 1.29 is 32.3 Å². The zero-order chi connectivity index (χ0) is 33.4. The van der Waals surface area contributed by atoms with Crippen molar-refractivity contribution in [3.8, 4) is 6.07 Å².